The maximum atomic E-state index is 8.33. The molecular formula is C20H28NOS4W-3. The van der Waals surface area contributed by atoms with Crippen LogP contribution in [0, 0.1) is 0 Å². The van der Waals surface area contributed by atoms with Gasteiger partial charge in [-0.25, -0.2) is 0 Å². The Hall–Kier alpha value is -0.232. The molecule has 0 saturated heterocycles. The Bertz CT molecular complexity index is 521. The van der Waals surface area contributed by atoms with Crippen LogP contribution in [0.3, 0.4) is 0 Å². The van der Waals surface area contributed by atoms with Crippen LogP contribution in [0.5, 0.6) is 0 Å². The van der Waals surface area contributed by atoms with Gasteiger partial charge in [-0.2, -0.15) is 19.6 Å². The number of quaternary nitrogens is 1. The quantitative estimate of drug-likeness (QED) is 0.366. The molecular weight excluding hydrogens is 582 g/mol. The van der Waals surface area contributed by atoms with Crippen LogP contribution < -0.4 is 0 Å². The molecule has 2 rings (SSSR count). The Morgan fingerprint density at radius 3 is 0.852 bits per heavy atom. The molecule has 0 saturated carbocycles. The van der Waals surface area contributed by atoms with Crippen molar-refractivity contribution in [3.8, 4) is 0 Å². The van der Waals surface area contributed by atoms with E-state index < -0.39 is 0 Å². The number of benzene rings is 2. The Morgan fingerprint density at radius 2 is 0.778 bits per heavy atom. The van der Waals surface area contributed by atoms with E-state index in [1.165, 1.54) is 30.7 Å². The monoisotopic (exact) mass is 610 g/mol. The van der Waals surface area contributed by atoms with Crippen molar-refractivity contribution in [1.29, 1.82) is 0 Å². The first kappa shape index (κ1) is 29.0. The molecule has 2 aromatic rings. The first-order valence-electron chi connectivity index (χ1n) is 8.73. The Balaban J connectivity index is 0. The van der Waals surface area contributed by atoms with Gasteiger partial charge in [0.1, 0.15) is 0 Å². The molecule has 0 aliphatic heterocycles. The fourth-order valence-corrected chi connectivity index (χ4v) is 2.83. The van der Waals surface area contributed by atoms with Crippen LogP contribution in [-0.2, 0) is 73.7 Å². The van der Waals surface area contributed by atoms with E-state index in [4.69, 9.17) is 53.9 Å². The average Bonchev–Trinajstić information content (AvgIpc) is 2.71. The van der Waals surface area contributed by atoms with E-state index in [0.29, 0.717) is 19.8 Å². The topological polar surface area (TPSA) is 17.1 Å². The molecule has 0 atom stereocenters. The third-order valence-electron chi connectivity index (χ3n) is 4.38. The van der Waals surface area contributed by atoms with Crippen molar-refractivity contribution in [3.63, 3.8) is 0 Å². The molecule has 152 valence electrons. The second-order valence-electron chi connectivity index (χ2n) is 5.50. The molecule has 0 heterocycles. The molecule has 0 bridgehead atoms. The first-order chi connectivity index (χ1) is 12.9. The molecule has 0 aliphatic carbocycles. The summed E-state index contributed by atoms with van der Waals surface area (Å²) in [6, 6.07) is 14.9. The maximum absolute atomic E-state index is 8.33. The summed E-state index contributed by atoms with van der Waals surface area (Å²) in [4.78, 5) is 3.06. The fraction of sp³-hybridized carbons (Fsp3) is 0.400. The minimum absolute atomic E-state index is 0.333. The minimum atomic E-state index is 0.333. The van der Waals surface area contributed by atoms with Gasteiger partial charge in [0.05, 0.1) is 26.2 Å². The summed E-state index contributed by atoms with van der Waals surface area (Å²) < 4.78 is 9.61. The van der Waals surface area contributed by atoms with Crippen LogP contribution in [0.15, 0.2) is 68.1 Å². The zero-order valence-corrected chi connectivity index (χ0v) is 22.5. The molecule has 2 aromatic carbocycles. The number of hydrogen-bond donors (Lipinski definition) is 0. The smallest absolute Gasteiger partial charge is 0.0639 e. The summed E-state index contributed by atoms with van der Waals surface area (Å²) in [7, 11) is 0. The summed E-state index contributed by atoms with van der Waals surface area (Å²) in [5.41, 5.74) is 0. The molecule has 27 heavy (non-hydrogen) atoms. The number of hydrogen-bond acceptors (Lipinski definition) is 5. The van der Waals surface area contributed by atoms with E-state index in [0.717, 1.165) is 19.6 Å². The zero-order valence-electron chi connectivity index (χ0n) is 16.3. The van der Waals surface area contributed by atoms with E-state index in [1.54, 1.807) is 0 Å². The van der Waals surface area contributed by atoms with Gasteiger partial charge in [-0.3, -0.25) is 0 Å². The standard InChI is InChI=1S/C8H20N.2C6H6S2.O.W/c1-5-9(6-2,7-3)8-4;2*7-5-3-1-2-4-6(5)8;;/h5-8H2,1-4H3;2*1-4,7-8H;;/q+1;;;;/p-4. The summed E-state index contributed by atoms with van der Waals surface area (Å²) in [5, 5.41) is 0. The zero-order chi connectivity index (χ0) is 21.3. The maximum Gasteiger partial charge on any atom is -0.0639 e. The number of rotatable bonds is 4. The third-order valence-corrected chi connectivity index (χ3v) is 6.06. The molecule has 7 heteroatoms. The predicted octanol–water partition coefficient (Wildman–Crippen LogP) is 4.76. The molecule has 2 nitrogen and oxygen atoms in total. The largest absolute Gasteiger partial charge is 0.781 e. The van der Waals surface area contributed by atoms with Crippen molar-refractivity contribution in [2.45, 2.75) is 47.3 Å². The molecule has 0 N–H and O–H groups in total. The molecule has 0 aliphatic rings. The van der Waals surface area contributed by atoms with E-state index in [2.05, 4.69) is 27.7 Å². The van der Waals surface area contributed by atoms with Gasteiger partial charge in [-0.05, 0) is 27.7 Å². The number of nitrogens with zero attached hydrogens (tertiary/aromatic N) is 1. The van der Waals surface area contributed by atoms with Crippen molar-refractivity contribution in [3.05, 3.63) is 48.5 Å². The van der Waals surface area contributed by atoms with Crippen LogP contribution >= 0.6 is 0 Å². The molecule has 0 unspecified atom stereocenters. The van der Waals surface area contributed by atoms with E-state index in [1.807, 2.05) is 48.5 Å². The van der Waals surface area contributed by atoms with Gasteiger partial charge in [0.15, 0.2) is 0 Å². The summed E-state index contributed by atoms with van der Waals surface area (Å²) in [5.74, 6) is 0. The van der Waals surface area contributed by atoms with Crippen molar-refractivity contribution in [2.24, 2.45) is 0 Å². The van der Waals surface area contributed by atoms with Crippen molar-refractivity contribution < 1.29 is 27.7 Å². The normalized spacial score (nSPS) is 9.48. The van der Waals surface area contributed by atoms with Gasteiger partial charge >= 0.3 is 23.2 Å². The van der Waals surface area contributed by atoms with Crippen LogP contribution in [-0.4, -0.2) is 30.7 Å². The van der Waals surface area contributed by atoms with Gasteiger partial charge in [0.2, 0.25) is 0 Å². The van der Waals surface area contributed by atoms with E-state index >= 15 is 0 Å². The second kappa shape index (κ2) is 17.8. The van der Waals surface area contributed by atoms with Gasteiger partial charge in [0.25, 0.3) is 0 Å². The van der Waals surface area contributed by atoms with Crippen molar-refractivity contribution in [1.82, 2.24) is 0 Å². The molecule has 0 amide bonds. The fourth-order valence-electron chi connectivity index (χ4n) is 2.24. The van der Waals surface area contributed by atoms with Gasteiger partial charge in [-0.1, -0.05) is 48.5 Å². The van der Waals surface area contributed by atoms with E-state index in [9.17, 15) is 0 Å². The van der Waals surface area contributed by atoms with Crippen molar-refractivity contribution in [2.75, 3.05) is 26.2 Å². The molecule has 0 radical (unpaired) electrons. The minimum Gasteiger partial charge on any atom is -0.781 e. The molecule has 0 aromatic heterocycles. The Labute approximate surface area is 199 Å². The van der Waals surface area contributed by atoms with Gasteiger partial charge < -0.3 is 55.0 Å². The van der Waals surface area contributed by atoms with Gasteiger partial charge in [0, 0.05) is 0 Å². The summed E-state index contributed by atoms with van der Waals surface area (Å²) in [6.07, 6.45) is 0. The van der Waals surface area contributed by atoms with Crippen LogP contribution in [0.4, 0.5) is 0 Å². The second-order valence-corrected chi connectivity index (χ2v) is 7.26. The third kappa shape index (κ3) is 12.8. The van der Waals surface area contributed by atoms with Crippen LogP contribution in [0.2, 0.25) is 0 Å². The Morgan fingerprint density at radius 1 is 0.593 bits per heavy atom. The van der Waals surface area contributed by atoms with Crippen molar-refractivity contribution >= 4 is 50.5 Å². The van der Waals surface area contributed by atoms with Gasteiger partial charge in [-0.15, -0.1) is 0 Å². The van der Waals surface area contributed by atoms with Crippen LogP contribution in [0.25, 0.3) is 0 Å². The molecule has 0 fully saturated rings. The first-order valence-corrected chi connectivity index (χ1v) is 11.6. The van der Waals surface area contributed by atoms with Crippen LogP contribution in [0.1, 0.15) is 27.7 Å². The average molecular weight is 611 g/mol. The Kier molecular flexibility index (Phi) is 19.1. The summed E-state index contributed by atoms with van der Waals surface area (Å²) >= 11 is 19.7. The molecule has 0 spiro atoms. The van der Waals surface area contributed by atoms with E-state index in [-0.39, 0.29) is 0 Å². The predicted molar refractivity (Wildman–Crippen MR) is 119 cm³/mol. The summed E-state index contributed by atoms with van der Waals surface area (Å²) in [6.45, 7) is 14.2. The SMILES string of the molecule is CC[N+](CC)(CC)CC.[O]=[W].[S-]c1ccccc1[S-].[S-]c1ccccc1[S-].